The summed E-state index contributed by atoms with van der Waals surface area (Å²) in [6.07, 6.45) is -7.13. The summed E-state index contributed by atoms with van der Waals surface area (Å²) >= 11 is 0. The smallest absolute Gasteiger partial charge is 0.417 e. The van der Waals surface area contributed by atoms with E-state index in [9.17, 15) is 27.6 Å². The van der Waals surface area contributed by atoms with Crippen LogP contribution in [0.2, 0.25) is 0 Å². The predicted octanol–water partition coefficient (Wildman–Crippen LogP) is 3.06. The van der Waals surface area contributed by atoms with Crippen molar-refractivity contribution in [2.45, 2.75) is 30.7 Å². The van der Waals surface area contributed by atoms with Gasteiger partial charge in [0.1, 0.15) is 6.61 Å². The first kappa shape index (κ1) is 24.5. The molecule has 4 rings (SSSR count). The summed E-state index contributed by atoms with van der Waals surface area (Å²) in [5, 5.41) is 12.6. The fourth-order valence-electron chi connectivity index (χ4n) is 4.39. The maximum absolute atomic E-state index is 13.5. The van der Waals surface area contributed by atoms with Crippen molar-refractivity contribution in [3.63, 3.8) is 0 Å². The molecule has 2 aromatic carbocycles. The maximum Gasteiger partial charge on any atom is 0.417 e. The van der Waals surface area contributed by atoms with Crippen LogP contribution in [0.1, 0.15) is 23.5 Å². The topological polar surface area (TPSA) is 114 Å². The van der Waals surface area contributed by atoms with E-state index >= 15 is 0 Å². The Balaban J connectivity index is 1.35. The first-order valence-corrected chi connectivity index (χ1v) is 11.0. The van der Waals surface area contributed by atoms with Gasteiger partial charge in [-0.15, -0.1) is 0 Å². The number of nitrogens with one attached hydrogen (secondary N) is 2. The van der Waals surface area contributed by atoms with Crippen molar-refractivity contribution in [3.05, 3.63) is 59.7 Å². The molecule has 1 aliphatic heterocycles. The van der Waals surface area contributed by atoms with E-state index in [0.717, 1.165) is 22.3 Å². The molecule has 186 valence electrons. The van der Waals surface area contributed by atoms with E-state index in [1.54, 1.807) is 5.32 Å². The number of alkyl halides is 3. The van der Waals surface area contributed by atoms with E-state index in [0.29, 0.717) is 0 Å². The van der Waals surface area contributed by atoms with Crippen LogP contribution in [0.25, 0.3) is 11.1 Å². The lowest BCUT2D eigenvalue weighted by molar-refractivity contribution is -0.167. The van der Waals surface area contributed by atoms with Gasteiger partial charge in [0.05, 0.1) is 18.6 Å². The SMILES string of the molecule is O=C(NC(C(=O)NC[C@@H]1C[C@H](C(=O)O)CO1)C(F)(F)F)OCC1c2ccccc2-c2ccccc21. The standard InChI is InChI=1S/C24H23F3N2O6/c25-24(26,27)20(21(30)28-10-14-9-13(11-34-14)22(31)32)29-23(33)35-12-19-17-7-3-1-5-15(17)16-6-2-4-8-18(16)19/h1-8,13-14,19-20H,9-12H2,(H,28,30)(H,29,33)(H,31,32)/t13-,14-,20?/m0/s1. The van der Waals surface area contributed by atoms with Gasteiger partial charge in [-0.05, 0) is 28.7 Å². The second kappa shape index (κ2) is 9.95. The molecule has 1 aliphatic carbocycles. The summed E-state index contributed by atoms with van der Waals surface area (Å²) in [4.78, 5) is 35.4. The molecule has 1 heterocycles. The first-order valence-electron chi connectivity index (χ1n) is 11.0. The highest BCUT2D eigenvalue weighted by molar-refractivity contribution is 5.86. The molecule has 2 aliphatic rings. The molecule has 0 saturated carbocycles. The molecule has 0 spiro atoms. The zero-order valence-corrected chi connectivity index (χ0v) is 18.4. The molecule has 11 heteroatoms. The van der Waals surface area contributed by atoms with E-state index in [4.69, 9.17) is 14.6 Å². The van der Waals surface area contributed by atoms with Gasteiger partial charge in [0.2, 0.25) is 6.04 Å². The van der Waals surface area contributed by atoms with Crippen LogP contribution in [-0.4, -0.2) is 61.2 Å². The molecule has 35 heavy (non-hydrogen) atoms. The van der Waals surface area contributed by atoms with E-state index in [-0.39, 0.29) is 32.1 Å². The minimum Gasteiger partial charge on any atom is -0.481 e. The van der Waals surface area contributed by atoms with Crippen LogP contribution < -0.4 is 10.6 Å². The molecule has 0 radical (unpaired) electrons. The number of amides is 2. The zero-order valence-electron chi connectivity index (χ0n) is 18.4. The van der Waals surface area contributed by atoms with Gasteiger partial charge >= 0.3 is 18.2 Å². The van der Waals surface area contributed by atoms with Crippen LogP contribution in [0.3, 0.4) is 0 Å². The molecule has 2 aromatic rings. The summed E-state index contributed by atoms with van der Waals surface area (Å²) < 4.78 is 50.8. The minimum atomic E-state index is -5.07. The van der Waals surface area contributed by atoms with Crippen molar-refractivity contribution >= 4 is 18.0 Å². The summed E-state index contributed by atoms with van der Waals surface area (Å²) in [6.45, 7) is -0.614. The van der Waals surface area contributed by atoms with Crippen molar-refractivity contribution < 1.29 is 42.1 Å². The normalized spacial score (nSPS) is 20.0. The van der Waals surface area contributed by atoms with E-state index < -0.39 is 42.2 Å². The second-order valence-electron chi connectivity index (χ2n) is 8.42. The number of carbonyl (C=O) groups excluding carboxylic acids is 2. The Morgan fingerprint density at radius 2 is 1.66 bits per heavy atom. The second-order valence-corrected chi connectivity index (χ2v) is 8.42. The first-order chi connectivity index (χ1) is 16.6. The Labute approximate surface area is 198 Å². The number of carbonyl (C=O) groups is 3. The fraction of sp³-hybridized carbons (Fsp3) is 0.375. The number of carboxylic acid groups (broad SMARTS) is 1. The highest BCUT2D eigenvalue weighted by Crippen LogP contribution is 2.44. The summed E-state index contributed by atoms with van der Waals surface area (Å²) in [6, 6.07) is 12.1. The highest BCUT2D eigenvalue weighted by Gasteiger charge is 2.47. The number of hydrogen-bond acceptors (Lipinski definition) is 5. The molecular weight excluding hydrogens is 469 g/mol. The van der Waals surface area contributed by atoms with Crippen LogP contribution in [-0.2, 0) is 19.1 Å². The largest absolute Gasteiger partial charge is 0.481 e. The zero-order chi connectivity index (χ0) is 25.2. The molecule has 0 bridgehead atoms. The number of ether oxygens (including phenoxy) is 2. The van der Waals surface area contributed by atoms with E-state index in [1.807, 2.05) is 48.5 Å². The lowest BCUT2D eigenvalue weighted by Crippen LogP contribution is -2.56. The van der Waals surface area contributed by atoms with E-state index in [2.05, 4.69) is 5.32 Å². The monoisotopic (exact) mass is 492 g/mol. The third-order valence-corrected chi connectivity index (χ3v) is 6.13. The number of rotatable bonds is 7. The Morgan fingerprint density at radius 1 is 1.06 bits per heavy atom. The fourth-order valence-corrected chi connectivity index (χ4v) is 4.39. The van der Waals surface area contributed by atoms with Crippen LogP contribution in [0.4, 0.5) is 18.0 Å². The number of halogens is 3. The van der Waals surface area contributed by atoms with Gasteiger partial charge < -0.3 is 25.2 Å². The molecule has 1 saturated heterocycles. The van der Waals surface area contributed by atoms with Gasteiger partial charge in [-0.1, -0.05) is 48.5 Å². The van der Waals surface area contributed by atoms with Crippen LogP contribution in [0.15, 0.2) is 48.5 Å². The average molecular weight is 492 g/mol. The van der Waals surface area contributed by atoms with Gasteiger partial charge in [0.25, 0.3) is 5.91 Å². The summed E-state index contributed by atoms with van der Waals surface area (Å²) in [5.74, 6) is -3.71. The average Bonchev–Trinajstić information content (AvgIpc) is 3.42. The number of benzene rings is 2. The lowest BCUT2D eigenvalue weighted by Gasteiger charge is -2.22. The van der Waals surface area contributed by atoms with Crippen LogP contribution in [0, 0.1) is 5.92 Å². The lowest BCUT2D eigenvalue weighted by atomic mass is 9.98. The number of alkyl carbamates (subject to hydrolysis) is 1. The Hall–Kier alpha value is -3.60. The molecule has 3 atom stereocenters. The molecule has 0 aromatic heterocycles. The molecular formula is C24H23F3N2O6. The number of fused-ring (bicyclic) bond motifs is 3. The molecule has 8 nitrogen and oxygen atoms in total. The highest BCUT2D eigenvalue weighted by atomic mass is 19.4. The molecule has 1 unspecified atom stereocenters. The van der Waals surface area contributed by atoms with Gasteiger partial charge in [-0.3, -0.25) is 9.59 Å². The van der Waals surface area contributed by atoms with Gasteiger partial charge in [-0.25, -0.2) is 4.79 Å². The maximum atomic E-state index is 13.5. The van der Waals surface area contributed by atoms with Gasteiger partial charge in [-0.2, -0.15) is 13.2 Å². The third-order valence-electron chi connectivity index (χ3n) is 6.13. The summed E-state index contributed by atoms with van der Waals surface area (Å²) in [5.41, 5.74) is 3.71. The summed E-state index contributed by atoms with van der Waals surface area (Å²) in [7, 11) is 0. The van der Waals surface area contributed by atoms with Crippen LogP contribution in [0.5, 0.6) is 0 Å². The Kier molecular flexibility index (Phi) is 6.97. The van der Waals surface area contributed by atoms with Crippen molar-refractivity contribution in [1.82, 2.24) is 10.6 Å². The van der Waals surface area contributed by atoms with Gasteiger partial charge in [0.15, 0.2) is 0 Å². The van der Waals surface area contributed by atoms with Crippen LogP contribution >= 0.6 is 0 Å². The van der Waals surface area contributed by atoms with Gasteiger partial charge in [0, 0.05) is 12.5 Å². The third kappa shape index (κ3) is 5.40. The van der Waals surface area contributed by atoms with Crippen molar-refractivity contribution in [2.24, 2.45) is 5.92 Å². The number of hydrogen-bond donors (Lipinski definition) is 3. The Bertz CT molecular complexity index is 1080. The number of aliphatic carboxylic acids is 1. The molecule has 2 amide bonds. The predicted molar refractivity (Wildman–Crippen MR) is 117 cm³/mol. The molecule has 1 fully saturated rings. The van der Waals surface area contributed by atoms with Crippen molar-refractivity contribution in [2.75, 3.05) is 19.8 Å². The van der Waals surface area contributed by atoms with Crippen molar-refractivity contribution in [3.8, 4) is 11.1 Å². The molecule has 3 N–H and O–H groups in total. The number of carboxylic acids is 1. The van der Waals surface area contributed by atoms with E-state index in [1.165, 1.54) is 0 Å². The minimum absolute atomic E-state index is 0.0616. The van der Waals surface area contributed by atoms with Crippen molar-refractivity contribution in [1.29, 1.82) is 0 Å². The quantitative estimate of drug-likeness (QED) is 0.548. The Morgan fingerprint density at radius 3 is 2.20 bits per heavy atom.